The highest BCUT2D eigenvalue weighted by Gasteiger charge is 2.29. The van der Waals surface area contributed by atoms with Crippen molar-refractivity contribution >= 4 is 54.6 Å². The maximum Gasteiger partial charge on any atom is 0.237 e. The summed E-state index contributed by atoms with van der Waals surface area (Å²) in [5.41, 5.74) is 4.08. The van der Waals surface area contributed by atoms with Gasteiger partial charge in [-0.05, 0) is 63.7 Å². The molecule has 0 amide bonds. The first-order valence-electron chi connectivity index (χ1n) is 12.4. The highest BCUT2D eigenvalue weighted by Crippen LogP contribution is 2.35. The largest absolute Gasteiger partial charge is 0.367 e. The van der Waals surface area contributed by atoms with Crippen molar-refractivity contribution in [2.24, 2.45) is 0 Å². The van der Waals surface area contributed by atoms with Gasteiger partial charge in [0.25, 0.3) is 0 Å². The standard InChI is InChI=1S/C27H31FN6O2S2/c1-27(2,3)38(35,36)32-20-7-5-6-18(14-20)21-17-37-24-16-29-26(31-25(21)24)30-19-8-9-23(22(28)15-19)34-12-10-33(4)11-13-34/h5-9,14-17,32H,10-13H2,1-4H3,(H,29,30,31). The van der Waals surface area contributed by atoms with Crippen LogP contribution in [0.1, 0.15) is 20.8 Å². The van der Waals surface area contributed by atoms with E-state index in [2.05, 4.69) is 31.9 Å². The molecular weight excluding hydrogens is 523 g/mol. The molecule has 3 heterocycles. The Hall–Kier alpha value is -3.28. The van der Waals surface area contributed by atoms with Crippen LogP contribution in [0.5, 0.6) is 0 Å². The summed E-state index contributed by atoms with van der Waals surface area (Å²) in [6, 6.07) is 12.4. The molecule has 1 fully saturated rings. The average Bonchev–Trinajstić information content (AvgIpc) is 3.27. The van der Waals surface area contributed by atoms with Crippen LogP contribution >= 0.6 is 11.3 Å². The minimum Gasteiger partial charge on any atom is -0.367 e. The van der Waals surface area contributed by atoms with E-state index in [0.717, 1.165) is 47.5 Å². The van der Waals surface area contributed by atoms with E-state index < -0.39 is 14.8 Å². The number of nitrogens with zero attached hydrogens (tertiary/aromatic N) is 4. The molecule has 2 aromatic heterocycles. The third-order valence-electron chi connectivity index (χ3n) is 6.59. The number of hydrogen-bond acceptors (Lipinski definition) is 8. The Bertz CT molecular complexity index is 1570. The van der Waals surface area contributed by atoms with Crippen LogP contribution in [0.15, 0.2) is 54.0 Å². The third-order valence-corrected chi connectivity index (χ3v) is 9.62. The van der Waals surface area contributed by atoms with Crippen LogP contribution in [-0.4, -0.2) is 61.3 Å². The minimum absolute atomic E-state index is 0.286. The highest BCUT2D eigenvalue weighted by atomic mass is 32.2. The van der Waals surface area contributed by atoms with Gasteiger partial charge in [-0.1, -0.05) is 12.1 Å². The predicted molar refractivity (Wildman–Crippen MR) is 155 cm³/mol. The van der Waals surface area contributed by atoms with E-state index in [1.54, 1.807) is 45.2 Å². The van der Waals surface area contributed by atoms with E-state index in [1.165, 1.54) is 17.4 Å². The van der Waals surface area contributed by atoms with Gasteiger partial charge in [-0.15, -0.1) is 11.3 Å². The first-order valence-corrected chi connectivity index (χ1v) is 14.7. The van der Waals surface area contributed by atoms with Gasteiger partial charge in [-0.2, -0.15) is 0 Å². The Balaban J connectivity index is 1.39. The Kier molecular flexibility index (Phi) is 7.01. The van der Waals surface area contributed by atoms with Crippen molar-refractivity contribution in [1.82, 2.24) is 14.9 Å². The predicted octanol–water partition coefficient (Wildman–Crippen LogP) is 5.53. The molecule has 8 nitrogen and oxygen atoms in total. The number of aromatic nitrogens is 2. The number of fused-ring (bicyclic) bond motifs is 1. The molecule has 2 N–H and O–H groups in total. The minimum atomic E-state index is -3.56. The Morgan fingerprint density at radius 3 is 2.50 bits per heavy atom. The van der Waals surface area contributed by atoms with E-state index >= 15 is 0 Å². The van der Waals surface area contributed by atoms with Gasteiger partial charge < -0.3 is 15.1 Å². The molecule has 0 spiro atoms. The van der Waals surface area contributed by atoms with Gasteiger partial charge in [0.1, 0.15) is 5.82 Å². The molecule has 1 aliphatic heterocycles. The number of hydrogen-bond donors (Lipinski definition) is 2. The van der Waals surface area contributed by atoms with Gasteiger partial charge >= 0.3 is 0 Å². The van der Waals surface area contributed by atoms with Crippen LogP contribution in [0.2, 0.25) is 0 Å². The summed E-state index contributed by atoms with van der Waals surface area (Å²) in [6.07, 6.45) is 1.74. The first kappa shape index (κ1) is 26.3. The van der Waals surface area contributed by atoms with E-state index in [0.29, 0.717) is 23.0 Å². The van der Waals surface area contributed by atoms with Crippen molar-refractivity contribution in [3.05, 3.63) is 59.9 Å². The lowest BCUT2D eigenvalue weighted by atomic mass is 10.1. The summed E-state index contributed by atoms with van der Waals surface area (Å²) in [7, 11) is -1.48. The van der Waals surface area contributed by atoms with Crippen LogP contribution in [0, 0.1) is 5.82 Å². The monoisotopic (exact) mass is 554 g/mol. The summed E-state index contributed by atoms with van der Waals surface area (Å²) < 4.78 is 42.9. The van der Waals surface area contributed by atoms with E-state index in [-0.39, 0.29) is 5.82 Å². The smallest absolute Gasteiger partial charge is 0.237 e. The lowest BCUT2D eigenvalue weighted by Gasteiger charge is -2.34. The maximum atomic E-state index is 15.0. The number of sulfonamides is 1. The van der Waals surface area contributed by atoms with Crippen LogP contribution in [0.3, 0.4) is 0 Å². The molecule has 0 saturated carbocycles. The fourth-order valence-corrected chi connectivity index (χ4v) is 5.79. The molecule has 200 valence electrons. The lowest BCUT2D eigenvalue weighted by molar-refractivity contribution is 0.311. The van der Waals surface area contributed by atoms with Crippen molar-refractivity contribution in [3.63, 3.8) is 0 Å². The van der Waals surface area contributed by atoms with E-state index in [9.17, 15) is 12.8 Å². The second-order valence-corrected chi connectivity index (χ2v) is 13.8. The van der Waals surface area contributed by atoms with Crippen LogP contribution in [0.25, 0.3) is 21.3 Å². The molecule has 38 heavy (non-hydrogen) atoms. The molecule has 0 atom stereocenters. The Morgan fingerprint density at radius 2 is 1.79 bits per heavy atom. The molecule has 0 radical (unpaired) electrons. The Morgan fingerprint density at radius 1 is 1.03 bits per heavy atom. The third kappa shape index (κ3) is 5.45. The topological polar surface area (TPSA) is 90.5 Å². The molecule has 4 aromatic rings. The number of rotatable bonds is 6. The molecule has 0 bridgehead atoms. The Labute approximate surface area is 226 Å². The van der Waals surface area contributed by atoms with E-state index in [4.69, 9.17) is 4.98 Å². The summed E-state index contributed by atoms with van der Waals surface area (Å²) in [5, 5.41) is 5.10. The zero-order chi connectivity index (χ0) is 27.1. The van der Waals surface area contributed by atoms with Crippen molar-refractivity contribution < 1.29 is 12.8 Å². The summed E-state index contributed by atoms with van der Waals surface area (Å²) in [5.74, 6) is 0.0693. The zero-order valence-corrected chi connectivity index (χ0v) is 23.5. The first-order chi connectivity index (χ1) is 18.0. The van der Waals surface area contributed by atoms with E-state index in [1.807, 2.05) is 23.6 Å². The van der Waals surface area contributed by atoms with Crippen molar-refractivity contribution in [1.29, 1.82) is 0 Å². The van der Waals surface area contributed by atoms with Gasteiger partial charge in [-0.3, -0.25) is 4.72 Å². The molecule has 1 saturated heterocycles. The quantitative estimate of drug-likeness (QED) is 0.324. The number of benzene rings is 2. The van der Waals surface area contributed by atoms with Gasteiger partial charge in [0.05, 0.1) is 26.8 Å². The zero-order valence-electron chi connectivity index (χ0n) is 21.8. The second kappa shape index (κ2) is 10.1. The number of anilines is 4. The number of nitrogens with one attached hydrogen (secondary N) is 2. The van der Waals surface area contributed by atoms with Gasteiger partial charge in [-0.25, -0.2) is 22.8 Å². The molecule has 2 aromatic carbocycles. The van der Waals surface area contributed by atoms with Gasteiger partial charge in [0.15, 0.2) is 0 Å². The number of thiophene rings is 1. The molecule has 1 aliphatic rings. The number of likely N-dealkylation sites (N-methyl/N-ethyl adjacent to an activating group) is 1. The molecule has 0 aliphatic carbocycles. The second-order valence-electron chi connectivity index (χ2n) is 10.4. The van der Waals surface area contributed by atoms with Gasteiger partial charge in [0, 0.05) is 48.5 Å². The van der Waals surface area contributed by atoms with Crippen molar-refractivity contribution in [2.45, 2.75) is 25.5 Å². The number of halogens is 1. The maximum absolute atomic E-state index is 15.0. The molecule has 11 heteroatoms. The summed E-state index contributed by atoms with van der Waals surface area (Å²) >= 11 is 1.51. The summed E-state index contributed by atoms with van der Waals surface area (Å²) in [4.78, 5) is 13.4. The summed E-state index contributed by atoms with van der Waals surface area (Å²) in [6.45, 7) is 8.36. The number of piperazine rings is 1. The van der Waals surface area contributed by atoms with Crippen LogP contribution < -0.4 is 14.9 Å². The molecule has 5 rings (SSSR count). The SMILES string of the molecule is CN1CCN(c2ccc(Nc3ncc4scc(-c5cccc(NS(=O)(=O)C(C)(C)C)c5)c4n3)cc2F)CC1. The fourth-order valence-electron chi connectivity index (χ4n) is 4.17. The molecular formula is C27H31FN6O2S2. The lowest BCUT2D eigenvalue weighted by Crippen LogP contribution is -2.44. The molecule has 0 unspecified atom stereocenters. The van der Waals surface area contributed by atoms with Gasteiger partial charge in [0.2, 0.25) is 16.0 Å². The van der Waals surface area contributed by atoms with Crippen LogP contribution in [-0.2, 0) is 10.0 Å². The average molecular weight is 555 g/mol. The normalized spacial score (nSPS) is 15.1. The van der Waals surface area contributed by atoms with Crippen molar-refractivity contribution in [3.8, 4) is 11.1 Å². The fraction of sp³-hybridized carbons (Fsp3) is 0.333. The van der Waals surface area contributed by atoms with Crippen molar-refractivity contribution in [2.75, 3.05) is 48.2 Å². The highest BCUT2D eigenvalue weighted by molar-refractivity contribution is 7.94. The van der Waals surface area contributed by atoms with Crippen LogP contribution in [0.4, 0.5) is 27.4 Å².